The number of nitrogens with zero attached hydrogens (tertiary/aromatic N) is 4. The Kier molecular flexibility index (Phi) is 6.94. The fourth-order valence-electron chi connectivity index (χ4n) is 3.50. The number of imidazole rings is 1. The van der Waals surface area contributed by atoms with Crippen LogP contribution in [-0.2, 0) is 25.4 Å². The summed E-state index contributed by atoms with van der Waals surface area (Å²) in [6, 6.07) is 6.73. The van der Waals surface area contributed by atoms with E-state index < -0.39 is 17.2 Å². The topological polar surface area (TPSA) is 97.3 Å². The smallest absolute Gasteiger partial charge is 0.337 e. The van der Waals surface area contributed by atoms with Gasteiger partial charge in [0.05, 0.1) is 12.7 Å². The molecule has 0 saturated carbocycles. The average Bonchev–Trinajstić information content (AvgIpc) is 3.13. The molecule has 0 aliphatic carbocycles. The first-order chi connectivity index (χ1) is 14.9. The van der Waals surface area contributed by atoms with E-state index in [-0.39, 0.29) is 11.7 Å². The number of carbonyl (C=O) groups is 1. The lowest BCUT2D eigenvalue weighted by Crippen LogP contribution is -2.37. The van der Waals surface area contributed by atoms with Gasteiger partial charge < -0.3 is 9.47 Å². The van der Waals surface area contributed by atoms with Crippen molar-refractivity contribution in [2.45, 2.75) is 45.6 Å². The first kappa shape index (κ1) is 22.3. The van der Waals surface area contributed by atoms with Crippen molar-refractivity contribution in [3.05, 3.63) is 50.7 Å². The standard InChI is InChI=1S/C22H28N4O5/c1-5-6-7-8-9-13-26-17-18(24(2)22(29)25(3)19(17)27)23-21(26)31-16-12-10-11-15(14-16)20(28)30-4/h10-12,14H,5-9,13H2,1-4H3. The van der Waals surface area contributed by atoms with Crippen molar-refractivity contribution in [3.63, 3.8) is 0 Å². The number of aromatic nitrogens is 4. The third-order valence-corrected chi connectivity index (χ3v) is 5.26. The highest BCUT2D eigenvalue weighted by molar-refractivity contribution is 5.89. The minimum atomic E-state index is -0.480. The van der Waals surface area contributed by atoms with Crippen LogP contribution in [0.3, 0.4) is 0 Å². The van der Waals surface area contributed by atoms with E-state index in [0.29, 0.717) is 23.4 Å². The second-order valence-corrected chi connectivity index (χ2v) is 7.46. The summed E-state index contributed by atoms with van der Waals surface area (Å²) in [4.78, 5) is 41.5. The number of methoxy groups -OCH3 is 1. The van der Waals surface area contributed by atoms with Crippen LogP contribution in [0.25, 0.3) is 11.2 Å². The van der Waals surface area contributed by atoms with E-state index in [1.54, 1.807) is 35.9 Å². The number of benzene rings is 1. The number of aryl methyl sites for hydroxylation is 2. The predicted octanol–water partition coefficient (Wildman–Crippen LogP) is 2.98. The molecule has 2 heterocycles. The molecule has 31 heavy (non-hydrogen) atoms. The van der Waals surface area contributed by atoms with Gasteiger partial charge in [-0.15, -0.1) is 0 Å². The highest BCUT2D eigenvalue weighted by atomic mass is 16.5. The molecule has 9 nitrogen and oxygen atoms in total. The number of unbranched alkanes of at least 4 members (excludes halogenated alkanes) is 4. The van der Waals surface area contributed by atoms with E-state index in [1.807, 2.05) is 0 Å². The summed E-state index contributed by atoms with van der Waals surface area (Å²) in [5.41, 5.74) is 0.0483. The fourth-order valence-corrected chi connectivity index (χ4v) is 3.50. The van der Waals surface area contributed by atoms with Crippen LogP contribution in [0.15, 0.2) is 33.9 Å². The molecule has 0 amide bonds. The summed E-state index contributed by atoms with van der Waals surface area (Å²) in [5.74, 6) is -0.0987. The van der Waals surface area contributed by atoms with Gasteiger partial charge in [-0.25, -0.2) is 9.59 Å². The summed E-state index contributed by atoms with van der Waals surface area (Å²) in [5, 5.41) is 0. The van der Waals surface area contributed by atoms with Gasteiger partial charge in [-0.1, -0.05) is 38.7 Å². The molecule has 0 unspecified atom stereocenters. The predicted molar refractivity (Wildman–Crippen MR) is 117 cm³/mol. The minimum Gasteiger partial charge on any atom is -0.465 e. The molecule has 0 bridgehead atoms. The summed E-state index contributed by atoms with van der Waals surface area (Å²) in [6.07, 6.45) is 5.26. The number of hydrogen-bond donors (Lipinski definition) is 0. The molecule has 2 aromatic heterocycles. The van der Waals surface area contributed by atoms with Gasteiger partial charge in [-0.05, 0) is 24.6 Å². The van der Waals surface area contributed by atoms with Crippen molar-refractivity contribution in [3.8, 4) is 11.8 Å². The molecule has 0 N–H and O–H groups in total. The first-order valence-electron chi connectivity index (χ1n) is 10.4. The lowest BCUT2D eigenvalue weighted by Gasteiger charge is -2.10. The van der Waals surface area contributed by atoms with Crippen LogP contribution in [0.4, 0.5) is 0 Å². The summed E-state index contributed by atoms with van der Waals surface area (Å²) in [6.45, 7) is 2.68. The normalized spacial score (nSPS) is 11.1. The molecular formula is C22H28N4O5. The molecule has 0 spiro atoms. The Morgan fingerprint density at radius 1 is 1.06 bits per heavy atom. The molecule has 0 saturated heterocycles. The monoisotopic (exact) mass is 428 g/mol. The number of esters is 1. The van der Waals surface area contributed by atoms with Gasteiger partial charge in [0.25, 0.3) is 5.56 Å². The number of rotatable bonds is 9. The van der Waals surface area contributed by atoms with Crippen LogP contribution < -0.4 is 16.0 Å². The molecule has 0 radical (unpaired) electrons. The largest absolute Gasteiger partial charge is 0.465 e. The van der Waals surface area contributed by atoms with Crippen LogP contribution in [-0.4, -0.2) is 31.8 Å². The second-order valence-electron chi connectivity index (χ2n) is 7.46. The van der Waals surface area contributed by atoms with Crippen LogP contribution in [0.5, 0.6) is 11.8 Å². The Hall–Kier alpha value is -3.36. The van der Waals surface area contributed by atoms with Gasteiger partial charge >= 0.3 is 17.7 Å². The number of fused-ring (bicyclic) bond motifs is 1. The Morgan fingerprint density at radius 3 is 2.52 bits per heavy atom. The van der Waals surface area contributed by atoms with E-state index in [4.69, 9.17) is 9.47 Å². The summed E-state index contributed by atoms with van der Waals surface area (Å²) < 4.78 is 14.9. The lowest BCUT2D eigenvalue weighted by atomic mass is 10.1. The zero-order valence-corrected chi connectivity index (χ0v) is 18.4. The average molecular weight is 428 g/mol. The Labute approximate surface area is 179 Å². The Balaban J connectivity index is 2.05. The Morgan fingerprint density at radius 2 is 1.81 bits per heavy atom. The van der Waals surface area contributed by atoms with Crippen LogP contribution in [0.2, 0.25) is 0 Å². The zero-order chi connectivity index (χ0) is 22.5. The van der Waals surface area contributed by atoms with Crippen molar-refractivity contribution in [1.29, 1.82) is 0 Å². The number of hydrogen-bond acceptors (Lipinski definition) is 6. The Bertz CT molecular complexity index is 1210. The van der Waals surface area contributed by atoms with Gasteiger partial charge in [0, 0.05) is 20.6 Å². The molecule has 166 valence electrons. The highest BCUT2D eigenvalue weighted by Crippen LogP contribution is 2.25. The van der Waals surface area contributed by atoms with Gasteiger partial charge in [0.2, 0.25) is 0 Å². The maximum atomic E-state index is 12.9. The lowest BCUT2D eigenvalue weighted by molar-refractivity contribution is 0.0600. The molecular weight excluding hydrogens is 400 g/mol. The van der Waals surface area contributed by atoms with Crippen LogP contribution in [0, 0.1) is 0 Å². The molecule has 0 atom stereocenters. The van der Waals surface area contributed by atoms with E-state index in [0.717, 1.165) is 36.7 Å². The summed E-state index contributed by atoms with van der Waals surface area (Å²) >= 11 is 0. The highest BCUT2D eigenvalue weighted by Gasteiger charge is 2.20. The van der Waals surface area contributed by atoms with Crippen LogP contribution in [0.1, 0.15) is 49.4 Å². The minimum absolute atomic E-state index is 0.200. The summed E-state index contributed by atoms with van der Waals surface area (Å²) in [7, 11) is 4.33. The second kappa shape index (κ2) is 9.63. The van der Waals surface area contributed by atoms with Crippen molar-refractivity contribution in [1.82, 2.24) is 18.7 Å². The van der Waals surface area contributed by atoms with E-state index in [2.05, 4.69) is 11.9 Å². The van der Waals surface area contributed by atoms with E-state index in [9.17, 15) is 14.4 Å². The maximum absolute atomic E-state index is 12.9. The van der Waals surface area contributed by atoms with Crippen molar-refractivity contribution in [2.75, 3.05) is 7.11 Å². The van der Waals surface area contributed by atoms with Gasteiger partial charge in [-0.3, -0.25) is 18.5 Å². The van der Waals surface area contributed by atoms with E-state index in [1.165, 1.54) is 18.7 Å². The van der Waals surface area contributed by atoms with Gasteiger partial charge in [0.15, 0.2) is 11.2 Å². The molecule has 0 aliphatic heterocycles. The van der Waals surface area contributed by atoms with E-state index >= 15 is 0 Å². The third kappa shape index (κ3) is 4.55. The fraction of sp³-hybridized carbons (Fsp3) is 0.455. The van der Waals surface area contributed by atoms with Gasteiger partial charge in [-0.2, -0.15) is 4.98 Å². The van der Waals surface area contributed by atoms with Crippen molar-refractivity contribution < 1.29 is 14.3 Å². The zero-order valence-electron chi connectivity index (χ0n) is 18.4. The quantitative estimate of drug-likeness (QED) is 0.384. The number of carbonyl (C=O) groups excluding carboxylic acids is 1. The molecule has 0 aliphatic rings. The molecule has 3 rings (SSSR count). The third-order valence-electron chi connectivity index (χ3n) is 5.26. The molecule has 0 fully saturated rings. The van der Waals surface area contributed by atoms with Crippen molar-refractivity contribution in [2.24, 2.45) is 14.1 Å². The van der Waals surface area contributed by atoms with Crippen molar-refractivity contribution >= 4 is 17.1 Å². The number of ether oxygens (including phenoxy) is 2. The SMILES string of the molecule is CCCCCCCn1c(Oc2cccc(C(=O)OC)c2)nc2c1c(=O)n(C)c(=O)n2C. The van der Waals surface area contributed by atoms with Crippen LogP contribution >= 0.6 is 0 Å². The first-order valence-corrected chi connectivity index (χ1v) is 10.4. The molecule has 9 heteroatoms. The maximum Gasteiger partial charge on any atom is 0.337 e. The molecule has 3 aromatic rings. The van der Waals surface area contributed by atoms with Gasteiger partial charge in [0.1, 0.15) is 5.75 Å². The molecule has 1 aromatic carbocycles.